The van der Waals surface area contributed by atoms with Crippen LogP contribution in [0.15, 0.2) is 4.99 Å². The Labute approximate surface area is 190 Å². The van der Waals surface area contributed by atoms with Crippen molar-refractivity contribution < 1.29 is 34.2 Å². The summed E-state index contributed by atoms with van der Waals surface area (Å²) in [5.74, 6) is -5.25. The van der Waals surface area contributed by atoms with Gasteiger partial charge in [-0.15, -0.1) is 0 Å². The van der Waals surface area contributed by atoms with E-state index in [1.165, 1.54) is 0 Å². The molecule has 0 aliphatic carbocycles. The van der Waals surface area contributed by atoms with E-state index in [1.54, 1.807) is 0 Å². The molecular weight excluding hydrogens is 440 g/mol. The van der Waals surface area contributed by atoms with Crippen molar-refractivity contribution in [2.75, 3.05) is 19.6 Å². The number of guanidine groups is 1. The number of carbonyl (C=O) groups excluding carboxylic acids is 3. The number of carboxylic acids is 2. The Balaban J connectivity index is 4.77. The van der Waals surface area contributed by atoms with E-state index >= 15 is 0 Å². The van der Waals surface area contributed by atoms with Crippen LogP contribution in [0.5, 0.6) is 0 Å². The third-order valence-electron chi connectivity index (χ3n) is 4.32. The minimum Gasteiger partial charge on any atom is -0.481 e. The van der Waals surface area contributed by atoms with Crippen molar-refractivity contribution in [3.05, 3.63) is 0 Å². The molecule has 3 unspecified atom stereocenters. The highest BCUT2D eigenvalue weighted by molar-refractivity contribution is 5.94. The molecule has 0 aliphatic heterocycles. The summed E-state index contributed by atoms with van der Waals surface area (Å²) >= 11 is 0. The van der Waals surface area contributed by atoms with E-state index in [9.17, 15) is 29.1 Å². The molecule has 0 aromatic rings. The number of nitrogens with two attached hydrogens (primary N) is 4. The summed E-state index contributed by atoms with van der Waals surface area (Å²) in [7, 11) is 0. The van der Waals surface area contributed by atoms with Crippen LogP contribution in [-0.4, -0.2) is 83.6 Å². The fourth-order valence-corrected chi connectivity index (χ4v) is 2.60. The van der Waals surface area contributed by atoms with Gasteiger partial charge in [-0.1, -0.05) is 0 Å². The van der Waals surface area contributed by atoms with Crippen molar-refractivity contribution in [1.82, 2.24) is 16.0 Å². The SMILES string of the molecule is NCCCCC(NC(=O)C(CC(=O)O)NC(=O)CNC(=O)C(N)CCCN=C(N)N)C(=O)O. The second kappa shape index (κ2) is 16.2. The molecule has 188 valence electrons. The maximum Gasteiger partial charge on any atom is 0.326 e. The molecule has 0 bridgehead atoms. The number of aliphatic imine (C=N–C) groups is 1. The van der Waals surface area contributed by atoms with Gasteiger partial charge in [0.25, 0.3) is 0 Å². The molecule has 13 N–H and O–H groups in total. The highest BCUT2D eigenvalue weighted by atomic mass is 16.4. The summed E-state index contributed by atoms with van der Waals surface area (Å²) in [6.45, 7) is 0.0612. The van der Waals surface area contributed by atoms with Crippen LogP contribution in [0.4, 0.5) is 0 Å². The molecular formula is C18H34N8O7. The van der Waals surface area contributed by atoms with Crippen LogP contribution in [0, 0.1) is 0 Å². The molecule has 0 aromatic carbocycles. The van der Waals surface area contributed by atoms with Crippen LogP contribution >= 0.6 is 0 Å². The predicted molar refractivity (Wildman–Crippen MR) is 118 cm³/mol. The first-order valence-corrected chi connectivity index (χ1v) is 10.3. The van der Waals surface area contributed by atoms with Gasteiger partial charge >= 0.3 is 11.9 Å². The maximum absolute atomic E-state index is 12.4. The first-order chi connectivity index (χ1) is 15.5. The molecule has 0 heterocycles. The largest absolute Gasteiger partial charge is 0.481 e. The Morgan fingerprint density at radius 1 is 0.879 bits per heavy atom. The first-order valence-electron chi connectivity index (χ1n) is 10.3. The Kier molecular flexibility index (Phi) is 14.5. The van der Waals surface area contributed by atoms with Crippen molar-refractivity contribution in [3.63, 3.8) is 0 Å². The van der Waals surface area contributed by atoms with Crippen LogP contribution in [0.2, 0.25) is 0 Å². The Morgan fingerprint density at radius 2 is 1.55 bits per heavy atom. The van der Waals surface area contributed by atoms with Crippen molar-refractivity contribution in [1.29, 1.82) is 0 Å². The number of carbonyl (C=O) groups is 5. The van der Waals surface area contributed by atoms with E-state index in [1.807, 2.05) is 0 Å². The molecule has 0 rings (SSSR count). The number of nitrogens with zero attached hydrogens (tertiary/aromatic N) is 1. The molecule has 3 atom stereocenters. The summed E-state index contributed by atoms with van der Waals surface area (Å²) < 4.78 is 0. The fraction of sp³-hybridized carbons (Fsp3) is 0.667. The molecule has 0 radical (unpaired) electrons. The molecule has 33 heavy (non-hydrogen) atoms. The highest BCUT2D eigenvalue weighted by Gasteiger charge is 2.28. The molecule has 0 spiro atoms. The molecule has 0 saturated heterocycles. The van der Waals surface area contributed by atoms with Crippen molar-refractivity contribution in [2.45, 2.75) is 56.7 Å². The fourth-order valence-electron chi connectivity index (χ4n) is 2.60. The topological polar surface area (TPSA) is 278 Å². The molecule has 0 fully saturated rings. The second-order valence-corrected chi connectivity index (χ2v) is 7.17. The van der Waals surface area contributed by atoms with E-state index in [2.05, 4.69) is 20.9 Å². The van der Waals surface area contributed by atoms with Gasteiger partial charge in [-0.2, -0.15) is 0 Å². The molecule has 0 saturated carbocycles. The van der Waals surface area contributed by atoms with E-state index in [0.717, 1.165) is 0 Å². The minimum absolute atomic E-state index is 0.0864. The van der Waals surface area contributed by atoms with Gasteiger partial charge in [-0.25, -0.2) is 4.79 Å². The van der Waals surface area contributed by atoms with Gasteiger partial charge in [0.15, 0.2) is 5.96 Å². The number of amides is 3. The zero-order valence-corrected chi connectivity index (χ0v) is 18.3. The van der Waals surface area contributed by atoms with Crippen LogP contribution in [-0.2, 0) is 24.0 Å². The van der Waals surface area contributed by atoms with Gasteiger partial charge in [0.05, 0.1) is 19.0 Å². The summed E-state index contributed by atoms with van der Waals surface area (Å²) in [5, 5.41) is 24.9. The molecule has 0 aliphatic rings. The summed E-state index contributed by atoms with van der Waals surface area (Å²) in [6, 6.07) is -3.75. The molecule has 0 aromatic heterocycles. The Bertz CT molecular complexity index is 712. The van der Waals surface area contributed by atoms with E-state index in [0.29, 0.717) is 25.8 Å². The average molecular weight is 475 g/mol. The zero-order chi connectivity index (χ0) is 25.4. The second-order valence-electron chi connectivity index (χ2n) is 7.17. The standard InChI is InChI=1S/C18H34N8O7/c19-6-2-1-5-11(17(32)33)26-16(31)12(8-14(28)29)25-13(27)9-24-15(30)10(20)4-3-7-23-18(21)22/h10-12H,1-9,19-20H2,(H,24,30)(H,25,27)(H,26,31)(H,28,29)(H,32,33)(H4,21,22,23). The van der Waals surface area contributed by atoms with Crippen molar-refractivity contribution >= 4 is 35.6 Å². The van der Waals surface area contributed by atoms with Gasteiger partial charge in [-0.05, 0) is 38.6 Å². The van der Waals surface area contributed by atoms with Crippen LogP contribution in [0.25, 0.3) is 0 Å². The van der Waals surface area contributed by atoms with Gasteiger partial charge in [-0.3, -0.25) is 24.2 Å². The lowest BCUT2D eigenvalue weighted by Gasteiger charge is -2.20. The van der Waals surface area contributed by atoms with Gasteiger partial charge in [0.2, 0.25) is 17.7 Å². The Morgan fingerprint density at radius 3 is 2.09 bits per heavy atom. The predicted octanol–water partition coefficient (Wildman–Crippen LogP) is -3.86. The zero-order valence-electron chi connectivity index (χ0n) is 18.3. The van der Waals surface area contributed by atoms with Crippen LogP contribution in [0.3, 0.4) is 0 Å². The lowest BCUT2D eigenvalue weighted by Crippen LogP contribution is -2.54. The van der Waals surface area contributed by atoms with E-state index < -0.39 is 60.8 Å². The highest BCUT2D eigenvalue weighted by Crippen LogP contribution is 2.03. The molecule has 15 heteroatoms. The quantitative estimate of drug-likeness (QED) is 0.0558. The maximum atomic E-state index is 12.4. The molecule has 3 amide bonds. The van der Waals surface area contributed by atoms with E-state index in [-0.39, 0.29) is 25.3 Å². The van der Waals surface area contributed by atoms with E-state index in [4.69, 9.17) is 28.0 Å². The lowest BCUT2D eigenvalue weighted by atomic mass is 10.1. The number of carboxylic acid groups (broad SMARTS) is 2. The lowest BCUT2D eigenvalue weighted by molar-refractivity contribution is -0.143. The van der Waals surface area contributed by atoms with Gasteiger partial charge in [0.1, 0.15) is 12.1 Å². The summed E-state index contributed by atoms with van der Waals surface area (Å²) in [6.07, 6.45) is 0.950. The minimum atomic E-state index is -1.54. The van der Waals surface area contributed by atoms with Gasteiger partial charge in [0, 0.05) is 6.54 Å². The summed E-state index contributed by atoms with van der Waals surface area (Å²) in [5.41, 5.74) is 21.4. The first kappa shape index (κ1) is 29.5. The van der Waals surface area contributed by atoms with Crippen molar-refractivity contribution in [2.24, 2.45) is 27.9 Å². The monoisotopic (exact) mass is 474 g/mol. The van der Waals surface area contributed by atoms with Crippen LogP contribution in [0.1, 0.15) is 38.5 Å². The average Bonchev–Trinajstić information content (AvgIpc) is 2.73. The smallest absolute Gasteiger partial charge is 0.326 e. The number of unbranched alkanes of at least 4 members (excludes halogenated alkanes) is 1. The molecule has 15 nitrogen and oxygen atoms in total. The number of hydrogen-bond acceptors (Lipinski definition) is 8. The third kappa shape index (κ3) is 14.3. The number of rotatable bonds is 17. The number of aliphatic carboxylic acids is 2. The van der Waals surface area contributed by atoms with Gasteiger partial charge < -0.3 is 49.1 Å². The normalized spacial score (nSPS) is 13.2. The third-order valence-corrected chi connectivity index (χ3v) is 4.32. The van der Waals surface area contributed by atoms with Crippen LogP contribution < -0.4 is 38.9 Å². The Hall–Kier alpha value is -3.46. The number of nitrogens with one attached hydrogen (secondary N) is 3. The van der Waals surface area contributed by atoms with Crippen molar-refractivity contribution in [3.8, 4) is 0 Å². The number of hydrogen-bond donors (Lipinski definition) is 9. The summed E-state index contributed by atoms with van der Waals surface area (Å²) in [4.78, 5) is 62.6.